The van der Waals surface area contributed by atoms with E-state index in [4.69, 9.17) is 5.73 Å². The van der Waals surface area contributed by atoms with Crippen molar-refractivity contribution in [1.29, 1.82) is 0 Å². The standard InChI is InChI=1S/C27H33FN4O3/c28-23-11-9-22(10-12-23)27(35)32-15-14-31(24(33)13-8-19-4-1-2-5-19)26(32)25(34)30-18-21-7-3-6-20(16-21)17-29/h3,6-7,9-12,16,19,26H,1-2,4-5,8,13-15,17-18,29H2,(H,30,34). The van der Waals surface area contributed by atoms with Crippen molar-refractivity contribution in [2.24, 2.45) is 11.7 Å². The van der Waals surface area contributed by atoms with Crippen LogP contribution in [0.3, 0.4) is 0 Å². The number of nitrogens with two attached hydrogens (primary N) is 1. The molecule has 1 heterocycles. The van der Waals surface area contributed by atoms with Crippen molar-refractivity contribution < 1.29 is 18.8 Å². The van der Waals surface area contributed by atoms with Crippen LogP contribution in [-0.2, 0) is 22.7 Å². The van der Waals surface area contributed by atoms with E-state index in [-0.39, 0.29) is 31.1 Å². The molecule has 0 spiro atoms. The maximum Gasteiger partial charge on any atom is 0.264 e. The fourth-order valence-corrected chi connectivity index (χ4v) is 5.06. The molecule has 0 radical (unpaired) electrons. The fraction of sp³-hybridized carbons (Fsp3) is 0.444. The monoisotopic (exact) mass is 480 g/mol. The molecule has 7 nitrogen and oxygen atoms in total. The highest BCUT2D eigenvalue weighted by molar-refractivity contribution is 5.99. The summed E-state index contributed by atoms with van der Waals surface area (Å²) >= 11 is 0. The Balaban J connectivity index is 1.49. The quantitative estimate of drug-likeness (QED) is 0.607. The number of amides is 3. The minimum atomic E-state index is -1.04. The summed E-state index contributed by atoms with van der Waals surface area (Å²) in [6, 6.07) is 12.8. The zero-order chi connectivity index (χ0) is 24.8. The van der Waals surface area contributed by atoms with Crippen molar-refractivity contribution in [2.75, 3.05) is 13.1 Å². The third-order valence-corrected chi connectivity index (χ3v) is 7.01. The molecule has 1 atom stereocenters. The van der Waals surface area contributed by atoms with Gasteiger partial charge >= 0.3 is 0 Å². The molecule has 8 heteroatoms. The Kier molecular flexibility index (Phi) is 8.13. The Morgan fingerprint density at radius 3 is 2.37 bits per heavy atom. The van der Waals surface area contributed by atoms with Crippen LogP contribution >= 0.6 is 0 Å². The third-order valence-electron chi connectivity index (χ3n) is 7.01. The Morgan fingerprint density at radius 2 is 1.66 bits per heavy atom. The topological polar surface area (TPSA) is 95.7 Å². The molecule has 2 aromatic rings. The van der Waals surface area contributed by atoms with E-state index in [1.807, 2.05) is 24.3 Å². The number of carbonyl (C=O) groups is 3. The minimum Gasteiger partial charge on any atom is -0.349 e. The van der Waals surface area contributed by atoms with E-state index in [0.29, 0.717) is 18.9 Å². The summed E-state index contributed by atoms with van der Waals surface area (Å²) in [4.78, 5) is 42.7. The van der Waals surface area contributed by atoms with E-state index in [1.54, 1.807) is 0 Å². The van der Waals surface area contributed by atoms with Gasteiger partial charge in [0.1, 0.15) is 5.82 Å². The summed E-state index contributed by atoms with van der Waals surface area (Å²) in [5.41, 5.74) is 7.83. The molecule has 2 fully saturated rings. The van der Waals surface area contributed by atoms with Crippen LogP contribution in [0.5, 0.6) is 0 Å². The molecule has 2 aliphatic rings. The second-order valence-corrected chi connectivity index (χ2v) is 9.40. The van der Waals surface area contributed by atoms with Crippen molar-refractivity contribution in [1.82, 2.24) is 15.1 Å². The van der Waals surface area contributed by atoms with Gasteiger partial charge in [0, 0.05) is 38.2 Å². The van der Waals surface area contributed by atoms with Crippen molar-refractivity contribution in [3.05, 3.63) is 71.0 Å². The molecule has 1 aliphatic carbocycles. The average molecular weight is 481 g/mol. The first-order valence-electron chi connectivity index (χ1n) is 12.4. The first kappa shape index (κ1) is 24.9. The molecule has 1 saturated heterocycles. The molecule has 0 bridgehead atoms. The van der Waals surface area contributed by atoms with Crippen LogP contribution in [0.25, 0.3) is 0 Å². The number of benzene rings is 2. The molecular formula is C27H33FN4O3. The van der Waals surface area contributed by atoms with Crippen molar-refractivity contribution in [3.63, 3.8) is 0 Å². The Morgan fingerprint density at radius 1 is 0.971 bits per heavy atom. The SMILES string of the molecule is NCc1cccc(CNC(=O)C2N(C(=O)CCC3CCCC3)CCN2C(=O)c2ccc(F)cc2)c1. The Labute approximate surface area is 205 Å². The van der Waals surface area contributed by atoms with Crippen LogP contribution in [0.15, 0.2) is 48.5 Å². The van der Waals surface area contributed by atoms with E-state index < -0.39 is 23.8 Å². The van der Waals surface area contributed by atoms with Gasteiger partial charge in [-0.25, -0.2) is 4.39 Å². The average Bonchev–Trinajstić information content (AvgIpc) is 3.56. The summed E-state index contributed by atoms with van der Waals surface area (Å²) in [6.07, 6.45) is 4.84. The molecule has 1 unspecified atom stereocenters. The lowest BCUT2D eigenvalue weighted by molar-refractivity contribution is -0.141. The summed E-state index contributed by atoms with van der Waals surface area (Å²) in [7, 11) is 0. The van der Waals surface area contributed by atoms with E-state index in [9.17, 15) is 18.8 Å². The van der Waals surface area contributed by atoms with Crippen LogP contribution in [0.4, 0.5) is 4.39 Å². The van der Waals surface area contributed by atoms with Crippen LogP contribution in [0.2, 0.25) is 0 Å². The van der Waals surface area contributed by atoms with Gasteiger partial charge in [0.2, 0.25) is 5.91 Å². The van der Waals surface area contributed by atoms with E-state index in [2.05, 4.69) is 5.32 Å². The number of nitrogens with one attached hydrogen (secondary N) is 1. The number of carbonyl (C=O) groups excluding carboxylic acids is 3. The maximum atomic E-state index is 13.4. The third kappa shape index (κ3) is 6.06. The molecule has 35 heavy (non-hydrogen) atoms. The molecule has 3 amide bonds. The second-order valence-electron chi connectivity index (χ2n) is 9.40. The van der Waals surface area contributed by atoms with Gasteiger partial charge in [-0.3, -0.25) is 14.4 Å². The van der Waals surface area contributed by atoms with Gasteiger partial charge in [0.25, 0.3) is 11.8 Å². The minimum absolute atomic E-state index is 0.114. The molecule has 2 aromatic carbocycles. The smallest absolute Gasteiger partial charge is 0.264 e. The predicted molar refractivity (Wildman–Crippen MR) is 130 cm³/mol. The number of rotatable bonds is 8. The fourth-order valence-electron chi connectivity index (χ4n) is 5.06. The lowest BCUT2D eigenvalue weighted by atomic mass is 10.0. The van der Waals surface area contributed by atoms with E-state index in [1.165, 1.54) is 46.9 Å². The maximum absolute atomic E-state index is 13.4. The van der Waals surface area contributed by atoms with Gasteiger partial charge in [-0.1, -0.05) is 49.9 Å². The normalized spacial score (nSPS) is 18.2. The predicted octanol–water partition coefficient (Wildman–Crippen LogP) is 3.18. The highest BCUT2D eigenvalue weighted by Crippen LogP contribution is 2.29. The Bertz CT molecular complexity index is 1050. The zero-order valence-corrected chi connectivity index (χ0v) is 19.9. The van der Waals surface area contributed by atoms with Crippen LogP contribution < -0.4 is 11.1 Å². The molecule has 1 aliphatic heterocycles. The highest BCUT2D eigenvalue weighted by Gasteiger charge is 2.42. The van der Waals surface area contributed by atoms with E-state index >= 15 is 0 Å². The molecule has 1 saturated carbocycles. The molecule has 0 aromatic heterocycles. The largest absolute Gasteiger partial charge is 0.349 e. The summed E-state index contributed by atoms with van der Waals surface area (Å²) in [5, 5.41) is 2.89. The van der Waals surface area contributed by atoms with Crippen LogP contribution in [-0.4, -0.2) is 46.8 Å². The van der Waals surface area contributed by atoms with Crippen molar-refractivity contribution >= 4 is 17.7 Å². The first-order valence-corrected chi connectivity index (χ1v) is 12.4. The van der Waals surface area contributed by atoms with Gasteiger partial charge in [0.05, 0.1) is 0 Å². The number of hydrogen-bond acceptors (Lipinski definition) is 4. The second kappa shape index (κ2) is 11.4. The summed E-state index contributed by atoms with van der Waals surface area (Å²) < 4.78 is 13.4. The number of nitrogens with zero attached hydrogens (tertiary/aromatic N) is 2. The van der Waals surface area contributed by atoms with Crippen LogP contribution in [0.1, 0.15) is 60.0 Å². The van der Waals surface area contributed by atoms with Crippen molar-refractivity contribution in [3.8, 4) is 0 Å². The van der Waals surface area contributed by atoms with Gasteiger partial charge in [-0.05, 0) is 47.7 Å². The molecule has 186 valence electrons. The van der Waals surface area contributed by atoms with Gasteiger partial charge in [-0.15, -0.1) is 0 Å². The zero-order valence-electron chi connectivity index (χ0n) is 19.9. The van der Waals surface area contributed by atoms with Gasteiger partial charge in [0.15, 0.2) is 6.17 Å². The van der Waals surface area contributed by atoms with Crippen LogP contribution in [0, 0.1) is 11.7 Å². The van der Waals surface area contributed by atoms with E-state index in [0.717, 1.165) is 30.4 Å². The summed E-state index contributed by atoms with van der Waals surface area (Å²) in [6.45, 7) is 1.18. The first-order chi connectivity index (χ1) is 17.0. The number of hydrogen-bond donors (Lipinski definition) is 2. The van der Waals surface area contributed by atoms with Gasteiger partial charge < -0.3 is 20.9 Å². The van der Waals surface area contributed by atoms with Crippen molar-refractivity contribution in [2.45, 2.75) is 57.8 Å². The molecule has 4 rings (SSSR count). The molecular weight excluding hydrogens is 447 g/mol. The molecule has 3 N–H and O–H groups in total. The number of halogens is 1. The van der Waals surface area contributed by atoms with Gasteiger partial charge in [-0.2, -0.15) is 0 Å². The lowest BCUT2D eigenvalue weighted by Gasteiger charge is -2.29. The lowest BCUT2D eigenvalue weighted by Crippen LogP contribution is -2.53. The summed E-state index contributed by atoms with van der Waals surface area (Å²) in [5.74, 6) is -0.815. The highest BCUT2D eigenvalue weighted by atomic mass is 19.1. The Hall–Kier alpha value is -3.26.